The van der Waals surface area contributed by atoms with Gasteiger partial charge in [0.2, 0.25) is 0 Å². The summed E-state index contributed by atoms with van der Waals surface area (Å²) in [5.74, 6) is 1.40. The number of halogens is 1. The second kappa shape index (κ2) is 11.7. The summed E-state index contributed by atoms with van der Waals surface area (Å²) >= 11 is 0. The van der Waals surface area contributed by atoms with Crippen LogP contribution in [0.4, 0.5) is 0 Å². The molecule has 2 unspecified atom stereocenters. The van der Waals surface area contributed by atoms with Gasteiger partial charge in [0.15, 0.2) is 5.96 Å². The maximum absolute atomic E-state index is 4.74. The number of nitrogens with zero attached hydrogens (tertiary/aromatic N) is 4. The molecule has 0 aliphatic carbocycles. The normalized spacial score (nSPS) is 19.8. The molecule has 2 N–H and O–H groups in total. The predicted octanol–water partition coefficient (Wildman–Crippen LogP) is 2.18. The number of nitrogens with one attached hydrogen (secondary N) is 2. The van der Waals surface area contributed by atoms with Crippen LogP contribution in [-0.4, -0.2) is 59.4 Å². The third-order valence-corrected chi connectivity index (χ3v) is 4.37. The molecule has 1 aliphatic rings. The van der Waals surface area contributed by atoms with Crippen LogP contribution < -0.4 is 10.6 Å². The van der Waals surface area contributed by atoms with Crippen molar-refractivity contribution in [2.75, 3.05) is 32.7 Å². The van der Waals surface area contributed by atoms with Crippen LogP contribution in [0.25, 0.3) is 0 Å². The van der Waals surface area contributed by atoms with Gasteiger partial charge in [-0.1, -0.05) is 13.8 Å². The van der Waals surface area contributed by atoms with Crippen molar-refractivity contribution in [3.63, 3.8) is 0 Å². The van der Waals surface area contributed by atoms with E-state index in [4.69, 9.17) is 4.99 Å². The number of aromatic nitrogens is 2. The molecule has 1 aromatic heterocycles. The van der Waals surface area contributed by atoms with Gasteiger partial charge < -0.3 is 10.6 Å². The molecule has 0 amide bonds. The van der Waals surface area contributed by atoms with Crippen molar-refractivity contribution in [2.24, 2.45) is 10.9 Å². The highest BCUT2D eigenvalue weighted by Crippen LogP contribution is 2.15. The van der Waals surface area contributed by atoms with E-state index in [1.807, 2.05) is 23.1 Å². The molecule has 1 fully saturated rings. The van der Waals surface area contributed by atoms with Crippen LogP contribution in [0, 0.1) is 5.92 Å². The molecule has 1 saturated heterocycles. The lowest BCUT2D eigenvalue weighted by atomic mass is 10.2. The van der Waals surface area contributed by atoms with Crippen LogP contribution in [0.2, 0.25) is 0 Å². The lowest BCUT2D eigenvalue weighted by molar-refractivity contribution is 0.267. The fourth-order valence-corrected chi connectivity index (χ4v) is 3.13. The lowest BCUT2D eigenvalue weighted by Gasteiger charge is -2.24. The van der Waals surface area contributed by atoms with E-state index in [2.05, 4.69) is 41.4 Å². The molecule has 24 heavy (non-hydrogen) atoms. The van der Waals surface area contributed by atoms with Gasteiger partial charge in [0.1, 0.15) is 0 Å². The minimum Gasteiger partial charge on any atom is -0.357 e. The first-order valence-electron chi connectivity index (χ1n) is 8.96. The van der Waals surface area contributed by atoms with E-state index >= 15 is 0 Å². The molecular weight excluding hydrogens is 415 g/mol. The van der Waals surface area contributed by atoms with E-state index in [1.165, 1.54) is 19.4 Å². The van der Waals surface area contributed by atoms with Gasteiger partial charge in [-0.05, 0) is 44.8 Å². The second-order valence-electron chi connectivity index (χ2n) is 6.36. The summed E-state index contributed by atoms with van der Waals surface area (Å²) < 4.78 is 1.97. The molecular formula is C17H33IN6. The highest BCUT2D eigenvalue weighted by Gasteiger charge is 2.22. The molecule has 138 valence electrons. The highest BCUT2D eigenvalue weighted by atomic mass is 127. The number of aliphatic imine (C=N–C) groups is 1. The van der Waals surface area contributed by atoms with Crippen LogP contribution in [0.1, 0.15) is 33.6 Å². The van der Waals surface area contributed by atoms with Crippen LogP contribution >= 0.6 is 24.0 Å². The zero-order valence-corrected chi connectivity index (χ0v) is 17.6. The van der Waals surface area contributed by atoms with E-state index in [1.54, 1.807) is 0 Å². The average Bonchev–Trinajstić information content (AvgIpc) is 3.21. The van der Waals surface area contributed by atoms with Crippen LogP contribution in [0.5, 0.6) is 0 Å². The summed E-state index contributed by atoms with van der Waals surface area (Å²) in [5.41, 5.74) is 0. The van der Waals surface area contributed by atoms with Gasteiger partial charge in [-0.2, -0.15) is 5.10 Å². The maximum atomic E-state index is 4.74. The van der Waals surface area contributed by atoms with Crippen LogP contribution in [0.15, 0.2) is 23.5 Å². The van der Waals surface area contributed by atoms with Gasteiger partial charge in [0.05, 0.1) is 0 Å². The van der Waals surface area contributed by atoms with E-state index in [-0.39, 0.29) is 24.0 Å². The summed E-state index contributed by atoms with van der Waals surface area (Å²) in [5, 5.41) is 11.1. The summed E-state index contributed by atoms with van der Waals surface area (Å²) in [6, 6.07) is 2.60. The Morgan fingerprint density at radius 1 is 1.38 bits per heavy atom. The van der Waals surface area contributed by atoms with Crippen LogP contribution in [0.3, 0.4) is 0 Å². The molecule has 1 aliphatic heterocycles. The number of hydrogen-bond donors (Lipinski definition) is 2. The third-order valence-electron chi connectivity index (χ3n) is 4.37. The summed E-state index contributed by atoms with van der Waals surface area (Å²) in [6.45, 7) is 12.5. The van der Waals surface area contributed by atoms with Crippen molar-refractivity contribution in [1.82, 2.24) is 25.3 Å². The van der Waals surface area contributed by atoms with Crippen molar-refractivity contribution in [2.45, 2.75) is 46.2 Å². The molecule has 6 nitrogen and oxygen atoms in total. The van der Waals surface area contributed by atoms with Gasteiger partial charge in [-0.15, -0.1) is 24.0 Å². The Morgan fingerprint density at radius 2 is 2.21 bits per heavy atom. The Hall–Kier alpha value is -0.830. The minimum atomic E-state index is 0. The van der Waals surface area contributed by atoms with E-state index in [0.29, 0.717) is 12.0 Å². The van der Waals surface area contributed by atoms with Crippen molar-refractivity contribution in [3.05, 3.63) is 18.5 Å². The number of likely N-dealkylation sites (N-methyl/N-ethyl adjacent to an activating group) is 1. The zero-order valence-electron chi connectivity index (χ0n) is 15.2. The van der Waals surface area contributed by atoms with Crippen molar-refractivity contribution in [3.8, 4) is 0 Å². The van der Waals surface area contributed by atoms with Gasteiger partial charge in [-0.25, -0.2) is 0 Å². The van der Waals surface area contributed by atoms with Gasteiger partial charge in [0, 0.05) is 44.6 Å². The molecule has 2 heterocycles. The number of guanidine groups is 1. The summed E-state index contributed by atoms with van der Waals surface area (Å²) in [7, 11) is 0. The highest BCUT2D eigenvalue weighted by molar-refractivity contribution is 14.0. The van der Waals surface area contributed by atoms with Crippen molar-refractivity contribution < 1.29 is 0 Å². The molecule has 2 rings (SSSR count). The first kappa shape index (κ1) is 21.2. The third kappa shape index (κ3) is 6.96. The quantitative estimate of drug-likeness (QED) is 0.364. The molecule has 7 heteroatoms. The summed E-state index contributed by atoms with van der Waals surface area (Å²) in [4.78, 5) is 7.29. The number of likely N-dealkylation sites (tertiary alicyclic amines) is 1. The van der Waals surface area contributed by atoms with Gasteiger partial charge in [0.25, 0.3) is 0 Å². The standard InChI is InChI=1S/C17H32N6.HI/c1-4-18-17(20-13-16-8-6-10-22(16)5-2)19-12-15(3)14-23-11-7-9-21-23;/h7,9,11,15-16H,4-6,8,10,12-14H2,1-3H3,(H2,18,19,20);1H. The molecule has 0 saturated carbocycles. The SMILES string of the molecule is CCNC(=NCC(C)Cn1cccn1)NCC1CCCN1CC.I. The zero-order chi connectivity index (χ0) is 16.5. The molecule has 0 aromatic carbocycles. The fraction of sp³-hybridized carbons (Fsp3) is 0.765. The average molecular weight is 448 g/mol. The molecule has 0 radical (unpaired) electrons. The number of hydrogen-bond acceptors (Lipinski definition) is 3. The van der Waals surface area contributed by atoms with Crippen LogP contribution in [-0.2, 0) is 6.54 Å². The molecule has 0 bridgehead atoms. The Balaban J connectivity index is 0.00000288. The topological polar surface area (TPSA) is 57.5 Å². The van der Waals surface area contributed by atoms with E-state index < -0.39 is 0 Å². The Kier molecular flexibility index (Phi) is 10.3. The Bertz CT molecular complexity index is 462. The smallest absolute Gasteiger partial charge is 0.191 e. The largest absolute Gasteiger partial charge is 0.357 e. The van der Waals surface area contributed by atoms with Crippen molar-refractivity contribution in [1.29, 1.82) is 0 Å². The van der Waals surface area contributed by atoms with Crippen molar-refractivity contribution >= 4 is 29.9 Å². The van der Waals surface area contributed by atoms with E-state index in [0.717, 1.165) is 38.7 Å². The fourth-order valence-electron chi connectivity index (χ4n) is 3.13. The predicted molar refractivity (Wildman–Crippen MR) is 111 cm³/mol. The van der Waals surface area contributed by atoms with E-state index in [9.17, 15) is 0 Å². The van der Waals surface area contributed by atoms with Gasteiger partial charge >= 0.3 is 0 Å². The minimum absolute atomic E-state index is 0. The first-order valence-corrected chi connectivity index (χ1v) is 8.96. The molecule has 1 aromatic rings. The Morgan fingerprint density at radius 3 is 2.88 bits per heavy atom. The number of rotatable bonds is 8. The molecule has 0 spiro atoms. The monoisotopic (exact) mass is 448 g/mol. The van der Waals surface area contributed by atoms with Gasteiger partial charge in [-0.3, -0.25) is 14.6 Å². The second-order valence-corrected chi connectivity index (χ2v) is 6.36. The Labute approximate surface area is 163 Å². The lowest BCUT2D eigenvalue weighted by Crippen LogP contribution is -2.45. The first-order chi connectivity index (χ1) is 11.2. The summed E-state index contributed by atoms with van der Waals surface area (Å²) in [6.07, 6.45) is 6.43. The molecule has 2 atom stereocenters. The maximum Gasteiger partial charge on any atom is 0.191 e.